The van der Waals surface area contributed by atoms with Crippen molar-refractivity contribution >= 4 is 45.9 Å². The number of esters is 1. The summed E-state index contributed by atoms with van der Waals surface area (Å²) in [5.41, 5.74) is 1.74. The Morgan fingerprint density at radius 2 is 1.97 bits per heavy atom. The number of aryl methyl sites for hydroxylation is 1. The first-order valence-electron chi connectivity index (χ1n) is 9.83. The zero-order valence-corrected chi connectivity index (χ0v) is 19.2. The van der Waals surface area contributed by atoms with E-state index in [1.807, 2.05) is 0 Å². The van der Waals surface area contributed by atoms with Crippen LogP contribution in [0.15, 0.2) is 46.4 Å². The van der Waals surface area contributed by atoms with Gasteiger partial charge in [-0.3, -0.25) is 19.7 Å². The molecule has 3 aromatic rings. The maximum absolute atomic E-state index is 12.9. The number of rotatable bonds is 9. The number of ether oxygens (including phenoxy) is 1. The van der Waals surface area contributed by atoms with Crippen LogP contribution in [0.3, 0.4) is 0 Å². The molecule has 0 aliphatic carbocycles. The number of carbonyl (C=O) groups excluding carboxylic acids is 3. The Morgan fingerprint density at radius 1 is 1.22 bits per heavy atom. The molecule has 0 saturated carbocycles. The van der Waals surface area contributed by atoms with Gasteiger partial charge in [0.1, 0.15) is 12.3 Å². The highest BCUT2D eigenvalue weighted by Gasteiger charge is 2.21. The van der Waals surface area contributed by atoms with Crippen molar-refractivity contribution < 1.29 is 23.5 Å². The predicted octanol–water partition coefficient (Wildman–Crippen LogP) is 4.08. The van der Waals surface area contributed by atoms with Crippen molar-refractivity contribution in [1.29, 1.82) is 0 Å². The van der Waals surface area contributed by atoms with Crippen LogP contribution >= 0.6 is 22.9 Å². The van der Waals surface area contributed by atoms with Crippen molar-refractivity contribution in [3.63, 3.8) is 0 Å². The number of amides is 2. The molecule has 2 aromatic heterocycles. The SMILES string of the molecule is CCOC(=O)CN(Cc1ccc(Cl)cc1)C(=O)Cc1csc(NC(=O)c2ccoc2C)n1. The topological polar surface area (TPSA) is 102 Å². The van der Waals surface area contributed by atoms with Gasteiger partial charge in [-0.15, -0.1) is 11.3 Å². The van der Waals surface area contributed by atoms with Gasteiger partial charge in [0.05, 0.1) is 30.5 Å². The van der Waals surface area contributed by atoms with E-state index in [1.165, 1.54) is 22.5 Å². The van der Waals surface area contributed by atoms with Crippen molar-refractivity contribution in [3.8, 4) is 0 Å². The Balaban J connectivity index is 1.67. The van der Waals surface area contributed by atoms with E-state index < -0.39 is 5.97 Å². The Kier molecular flexibility index (Phi) is 8.02. The second-order valence-electron chi connectivity index (χ2n) is 6.85. The Labute approximate surface area is 194 Å². The summed E-state index contributed by atoms with van der Waals surface area (Å²) in [5.74, 6) is -0.611. The summed E-state index contributed by atoms with van der Waals surface area (Å²) in [6, 6.07) is 8.61. The molecule has 2 amide bonds. The van der Waals surface area contributed by atoms with Crippen LogP contribution in [0.25, 0.3) is 0 Å². The van der Waals surface area contributed by atoms with E-state index >= 15 is 0 Å². The van der Waals surface area contributed by atoms with E-state index in [-0.39, 0.29) is 37.9 Å². The monoisotopic (exact) mass is 475 g/mol. The first-order chi connectivity index (χ1) is 15.4. The van der Waals surface area contributed by atoms with E-state index in [2.05, 4.69) is 10.3 Å². The molecular formula is C22H22ClN3O5S. The van der Waals surface area contributed by atoms with Gasteiger partial charge < -0.3 is 14.1 Å². The van der Waals surface area contributed by atoms with Crippen LogP contribution in [0, 0.1) is 6.92 Å². The molecule has 0 atom stereocenters. The minimum Gasteiger partial charge on any atom is -0.469 e. The van der Waals surface area contributed by atoms with E-state index in [1.54, 1.807) is 49.6 Å². The summed E-state index contributed by atoms with van der Waals surface area (Å²) < 4.78 is 10.1. The van der Waals surface area contributed by atoms with E-state index in [0.717, 1.165) is 5.56 Å². The van der Waals surface area contributed by atoms with Crippen LogP contribution < -0.4 is 5.32 Å². The highest BCUT2D eigenvalue weighted by Crippen LogP contribution is 2.19. The molecule has 168 valence electrons. The maximum atomic E-state index is 12.9. The molecule has 0 radical (unpaired) electrons. The second-order valence-corrected chi connectivity index (χ2v) is 8.14. The lowest BCUT2D eigenvalue weighted by Crippen LogP contribution is -2.37. The van der Waals surface area contributed by atoms with Gasteiger partial charge in [-0.2, -0.15) is 0 Å². The minimum atomic E-state index is -0.489. The lowest BCUT2D eigenvalue weighted by molar-refractivity contribution is -0.149. The average molecular weight is 476 g/mol. The third kappa shape index (κ3) is 6.41. The molecule has 0 spiro atoms. The molecule has 0 unspecified atom stereocenters. The number of anilines is 1. The van der Waals surface area contributed by atoms with Crippen molar-refractivity contribution in [2.75, 3.05) is 18.5 Å². The highest BCUT2D eigenvalue weighted by molar-refractivity contribution is 7.14. The van der Waals surface area contributed by atoms with Gasteiger partial charge in [0.15, 0.2) is 5.13 Å². The zero-order chi connectivity index (χ0) is 23.1. The fourth-order valence-electron chi connectivity index (χ4n) is 2.90. The first-order valence-corrected chi connectivity index (χ1v) is 11.1. The van der Waals surface area contributed by atoms with E-state index in [9.17, 15) is 14.4 Å². The van der Waals surface area contributed by atoms with Crippen molar-refractivity contribution in [2.45, 2.75) is 26.8 Å². The quantitative estimate of drug-likeness (QED) is 0.468. The minimum absolute atomic E-state index is 0.0237. The number of thiazole rings is 1. The number of carbonyl (C=O) groups is 3. The van der Waals surface area contributed by atoms with E-state index in [4.69, 9.17) is 20.8 Å². The molecule has 1 N–H and O–H groups in total. The van der Waals surface area contributed by atoms with Crippen LogP contribution in [0.2, 0.25) is 5.02 Å². The van der Waals surface area contributed by atoms with E-state index in [0.29, 0.717) is 27.2 Å². The summed E-state index contributed by atoms with van der Waals surface area (Å²) in [6.07, 6.45) is 1.42. The Morgan fingerprint density at radius 3 is 2.62 bits per heavy atom. The molecule has 0 saturated heterocycles. The van der Waals surface area contributed by atoms with Crippen molar-refractivity contribution in [1.82, 2.24) is 9.88 Å². The van der Waals surface area contributed by atoms with Crippen LogP contribution in [0.1, 0.15) is 34.3 Å². The molecule has 32 heavy (non-hydrogen) atoms. The van der Waals surface area contributed by atoms with Crippen molar-refractivity contribution in [3.05, 3.63) is 69.6 Å². The van der Waals surface area contributed by atoms with Crippen molar-refractivity contribution in [2.24, 2.45) is 0 Å². The summed E-state index contributed by atoms with van der Waals surface area (Å²) in [5, 5.41) is 5.35. The van der Waals surface area contributed by atoms with Crippen LogP contribution in [-0.4, -0.2) is 40.8 Å². The molecular weight excluding hydrogens is 454 g/mol. The smallest absolute Gasteiger partial charge is 0.325 e. The maximum Gasteiger partial charge on any atom is 0.325 e. The lowest BCUT2D eigenvalue weighted by Gasteiger charge is -2.21. The number of nitrogens with one attached hydrogen (secondary N) is 1. The summed E-state index contributed by atoms with van der Waals surface area (Å²) in [7, 11) is 0. The van der Waals surface area contributed by atoms with Crippen LogP contribution in [0.5, 0.6) is 0 Å². The third-order valence-corrected chi connectivity index (χ3v) is 5.53. The molecule has 0 aliphatic rings. The van der Waals surface area contributed by atoms with Gasteiger partial charge in [0.25, 0.3) is 5.91 Å². The summed E-state index contributed by atoms with van der Waals surface area (Å²) >= 11 is 7.14. The number of hydrogen-bond acceptors (Lipinski definition) is 7. The van der Waals surface area contributed by atoms with Gasteiger partial charge in [-0.25, -0.2) is 4.98 Å². The highest BCUT2D eigenvalue weighted by atomic mass is 35.5. The van der Waals surface area contributed by atoms with Gasteiger partial charge in [0.2, 0.25) is 5.91 Å². The number of nitrogens with zero attached hydrogens (tertiary/aromatic N) is 2. The van der Waals surface area contributed by atoms with Gasteiger partial charge in [-0.05, 0) is 37.6 Å². The number of halogens is 1. The average Bonchev–Trinajstić information content (AvgIpc) is 3.37. The number of aromatic nitrogens is 1. The van der Waals surface area contributed by atoms with Gasteiger partial charge in [0, 0.05) is 16.9 Å². The standard InChI is InChI=1S/C22H22ClN3O5S/c1-3-30-20(28)12-26(11-15-4-6-16(23)7-5-15)19(27)10-17-13-32-22(24-17)25-21(29)18-8-9-31-14(18)2/h4-9,13H,3,10-12H2,1-2H3,(H,24,25,29). The normalized spacial score (nSPS) is 10.6. The molecule has 2 heterocycles. The van der Waals surface area contributed by atoms with Crippen LogP contribution in [-0.2, 0) is 27.3 Å². The predicted molar refractivity (Wildman–Crippen MR) is 121 cm³/mol. The summed E-state index contributed by atoms with van der Waals surface area (Å²) in [4.78, 5) is 43.0. The first kappa shape index (κ1) is 23.5. The third-order valence-electron chi connectivity index (χ3n) is 4.47. The number of furan rings is 1. The molecule has 8 nitrogen and oxygen atoms in total. The molecule has 0 fully saturated rings. The zero-order valence-electron chi connectivity index (χ0n) is 17.6. The Hall–Kier alpha value is -3.17. The van der Waals surface area contributed by atoms with Crippen LogP contribution in [0.4, 0.5) is 5.13 Å². The number of hydrogen-bond donors (Lipinski definition) is 1. The number of benzene rings is 1. The largest absolute Gasteiger partial charge is 0.469 e. The molecule has 10 heteroatoms. The second kappa shape index (κ2) is 10.9. The Bertz CT molecular complexity index is 1090. The molecule has 0 aliphatic heterocycles. The fourth-order valence-corrected chi connectivity index (χ4v) is 3.73. The van der Waals surface area contributed by atoms with Gasteiger partial charge >= 0.3 is 5.97 Å². The molecule has 0 bridgehead atoms. The summed E-state index contributed by atoms with van der Waals surface area (Å²) in [6.45, 7) is 3.68. The lowest BCUT2D eigenvalue weighted by atomic mass is 10.2. The fraction of sp³-hybridized carbons (Fsp3) is 0.273. The molecule has 3 rings (SSSR count). The molecule has 1 aromatic carbocycles. The van der Waals surface area contributed by atoms with Gasteiger partial charge in [-0.1, -0.05) is 23.7 Å².